The van der Waals surface area contributed by atoms with E-state index in [-0.39, 0.29) is 5.91 Å². The maximum Gasteiger partial charge on any atom is 0.263 e. The third kappa shape index (κ3) is 3.74. The number of carbonyl (C=O) groups excluding carboxylic acids is 1. The summed E-state index contributed by atoms with van der Waals surface area (Å²) in [5.74, 6) is 0.711. The van der Waals surface area contributed by atoms with Gasteiger partial charge in [0.05, 0.1) is 0 Å². The lowest BCUT2D eigenvalue weighted by molar-refractivity contribution is -0.137. The van der Waals surface area contributed by atoms with Gasteiger partial charge in [0.15, 0.2) is 6.10 Å². The van der Waals surface area contributed by atoms with E-state index in [1.807, 2.05) is 38.1 Å². The van der Waals surface area contributed by atoms with Crippen LogP contribution in [0.2, 0.25) is 0 Å². The topological polar surface area (TPSA) is 55.6 Å². The molecule has 0 aliphatic heterocycles. The summed E-state index contributed by atoms with van der Waals surface area (Å²) in [6.07, 6.45) is -0.464. The number of carbonyl (C=O) groups is 1. The standard InChI is InChI=1S/C14H22N2O2/c1-4-16(5-2)14(17)11(3)18-13-8-6-12(10-15)7-9-13/h6-9,11H,4-5,10,15H2,1-3H3. The molecule has 0 saturated heterocycles. The van der Waals surface area contributed by atoms with Gasteiger partial charge in [0, 0.05) is 19.6 Å². The van der Waals surface area contributed by atoms with Crippen LogP contribution in [-0.2, 0) is 11.3 Å². The summed E-state index contributed by atoms with van der Waals surface area (Å²) >= 11 is 0. The number of rotatable bonds is 6. The van der Waals surface area contributed by atoms with Crippen LogP contribution in [0.3, 0.4) is 0 Å². The maximum absolute atomic E-state index is 12.0. The molecule has 18 heavy (non-hydrogen) atoms. The molecule has 0 radical (unpaired) electrons. The highest BCUT2D eigenvalue weighted by molar-refractivity contribution is 5.80. The minimum Gasteiger partial charge on any atom is -0.481 e. The predicted octanol–water partition coefficient (Wildman–Crippen LogP) is 1.78. The Morgan fingerprint density at radius 2 is 1.83 bits per heavy atom. The van der Waals surface area contributed by atoms with E-state index in [0.29, 0.717) is 25.4 Å². The number of nitrogens with zero attached hydrogens (tertiary/aromatic N) is 1. The van der Waals surface area contributed by atoms with E-state index in [2.05, 4.69) is 0 Å². The molecule has 0 spiro atoms. The molecule has 1 rings (SSSR count). The molecule has 0 bridgehead atoms. The van der Waals surface area contributed by atoms with E-state index >= 15 is 0 Å². The van der Waals surface area contributed by atoms with Crippen LogP contribution in [0.15, 0.2) is 24.3 Å². The lowest BCUT2D eigenvalue weighted by atomic mass is 10.2. The van der Waals surface area contributed by atoms with E-state index in [9.17, 15) is 4.79 Å². The number of likely N-dealkylation sites (N-methyl/N-ethyl adjacent to an activating group) is 1. The summed E-state index contributed by atoms with van der Waals surface area (Å²) in [5.41, 5.74) is 6.57. The molecule has 0 aromatic heterocycles. The first-order chi connectivity index (χ1) is 8.62. The van der Waals surface area contributed by atoms with E-state index in [0.717, 1.165) is 5.56 Å². The number of nitrogens with two attached hydrogens (primary N) is 1. The molecule has 0 saturated carbocycles. The van der Waals surface area contributed by atoms with Crippen molar-refractivity contribution in [3.8, 4) is 5.75 Å². The van der Waals surface area contributed by atoms with Crippen LogP contribution in [0.4, 0.5) is 0 Å². The van der Waals surface area contributed by atoms with Crippen LogP contribution in [0.25, 0.3) is 0 Å². The summed E-state index contributed by atoms with van der Waals surface area (Å²) < 4.78 is 5.63. The van der Waals surface area contributed by atoms with Crippen LogP contribution in [-0.4, -0.2) is 30.0 Å². The number of hydrogen-bond acceptors (Lipinski definition) is 3. The molecule has 4 nitrogen and oxygen atoms in total. The van der Waals surface area contributed by atoms with Crippen molar-refractivity contribution in [1.82, 2.24) is 4.90 Å². The van der Waals surface area contributed by atoms with Crippen LogP contribution < -0.4 is 10.5 Å². The van der Waals surface area contributed by atoms with Gasteiger partial charge in [-0.1, -0.05) is 12.1 Å². The van der Waals surface area contributed by atoms with Crippen molar-refractivity contribution in [2.24, 2.45) is 5.73 Å². The van der Waals surface area contributed by atoms with Crippen molar-refractivity contribution >= 4 is 5.91 Å². The van der Waals surface area contributed by atoms with Crippen molar-refractivity contribution in [2.75, 3.05) is 13.1 Å². The van der Waals surface area contributed by atoms with Gasteiger partial charge in [-0.2, -0.15) is 0 Å². The van der Waals surface area contributed by atoms with E-state index < -0.39 is 6.10 Å². The molecule has 0 fully saturated rings. The monoisotopic (exact) mass is 250 g/mol. The Kier molecular flexibility index (Phi) is 5.65. The highest BCUT2D eigenvalue weighted by Crippen LogP contribution is 2.14. The van der Waals surface area contributed by atoms with Crippen molar-refractivity contribution in [1.29, 1.82) is 0 Å². The van der Waals surface area contributed by atoms with Crippen molar-refractivity contribution in [3.05, 3.63) is 29.8 Å². The quantitative estimate of drug-likeness (QED) is 0.837. The third-order valence-corrected chi connectivity index (χ3v) is 2.89. The average molecular weight is 250 g/mol. The lowest BCUT2D eigenvalue weighted by Crippen LogP contribution is -2.40. The first-order valence-electron chi connectivity index (χ1n) is 6.36. The molecule has 100 valence electrons. The summed E-state index contributed by atoms with van der Waals surface area (Å²) in [4.78, 5) is 13.8. The normalized spacial score (nSPS) is 12.0. The number of ether oxygens (including phenoxy) is 1. The van der Waals surface area contributed by atoms with Gasteiger partial charge < -0.3 is 15.4 Å². The zero-order valence-corrected chi connectivity index (χ0v) is 11.3. The molecule has 0 aliphatic rings. The molecule has 4 heteroatoms. The molecule has 1 unspecified atom stereocenters. The van der Waals surface area contributed by atoms with Gasteiger partial charge in [0.25, 0.3) is 5.91 Å². The van der Waals surface area contributed by atoms with Crippen LogP contribution in [0, 0.1) is 0 Å². The Morgan fingerprint density at radius 3 is 2.28 bits per heavy atom. The fourth-order valence-electron chi connectivity index (χ4n) is 1.75. The molecule has 1 aromatic carbocycles. The number of benzene rings is 1. The largest absolute Gasteiger partial charge is 0.481 e. The Balaban J connectivity index is 2.62. The summed E-state index contributed by atoms with van der Waals surface area (Å²) in [6, 6.07) is 7.50. The Hall–Kier alpha value is -1.55. The molecule has 2 N–H and O–H groups in total. The summed E-state index contributed by atoms with van der Waals surface area (Å²) in [7, 11) is 0. The summed E-state index contributed by atoms with van der Waals surface area (Å²) in [5, 5.41) is 0. The Labute approximate surface area is 109 Å². The van der Waals surface area contributed by atoms with Crippen molar-refractivity contribution in [2.45, 2.75) is 33.4 Å². The molecule has 0 heterocycles. The van der Waals surface area contributed by atoms with Gasteiger partial charge in [-0.15, -0.1) is 0 Å². The average Bonchev–Trinajstić information content (AvgIpc) is 2.40. The highest BCUT2D eigenvalue weighted by Gasteiger charge is 2.19. The Bertz CT molecular complexity index is 372. The van der Waals surface area contributed by atoms with Crippen molar-refractivity contribution in [3.63, 3.8) is 0 Å². The van der Waals surface area contributed by atoms with Gasteiger partial charge in [-0.3, -0.25) is 4.79 Å². The molecule has 1 aromatic rings. The zero-order chi connectivity index (χ0) is 13.5. The van der Waals surface area contributed by atoms with Crippen molar-refractivity contribution < 1.29 is 9.53 Å². The Morgan fingerprint density at radius 1 is 1.28 bits per heavy atom. The first-order valence-corrected chi connectivity index (χ1v) is 6.36. The second-order valence-electron chi connectivity index (χ2n) is 4.12. The van der Waals surface area contributed by atoms with E-state index in [4.69, 9.17) is 10.5 Å². The molecule has 1 atom stereocenters. The van der Waals surface area contributed by atoms with Gasteiger partial charge in [0.2, 0.25) is 0 Å². The van der Waals surface area contributed by atoms with Gasteiger partial charge in [-0.05, 0) is 38.5 Å². The van der Waals surface area contributed by atoms with Gasteiger partial charge in [0.1, 0.15) is 5.75 Å². The minimum atomic E-state index is -0.464. The van der Waals surface area contributed by atoms with E-state index in [1.54, 1.807) is 11.8 Å². The second-order valence-corrected chi connectivity index (χ2v) is 4.12. The molecular formula is C14H22N2O2. The van der Waals surface area contributed by atoms with Gasteiger partial charge in [-0.25, -0.2) is 0 Å². The second kappa shape index (κ2) is 7.01. The van der Waals surface area contributed by atoms with Crippen LogP contribution in [0.1, 0.15) is 26.3 Å². The molecule has 0 aliphatic carbocycles. The van der Waals surface area contributed by atoms with Crippen LogP contribution >= 0.6 is 0 Å². The third-order valence-electron chi connectivity index (χ3n) is 2.89. The summed E-state index contributed by atoms with van der Waals surface area (Å²) in [6.45, 7) is 7.62. The van der Waals surface area contributed by atoms with E-state index in [1.165, 1.54) is 0 Å². The molecular weight excluding hydrogens is 228 g/mol. The van der Waals surface area contributed by atoms with Crippen LogP contribution in [0.5, 0.6) is 5.75 Å². The fourth-order valence-corrected chi connectivity index (χ4v) is 1.75. The first kappa shape index (κ1) is 14.5. The predicted molar refractivity (Wildman–Crippen MR) is 72.4 cm³/mol. The zero-order valence-electron chi connectivity index (χ0n) is 11.3. The molecule has 1 amide bonds. The maximum atomic E-state index is 12.0. The number of amides is 1. The smallest absolute Gasteiger partial charge is 0.263 e. The lowest BCUT2D eigenvalue weighted by Gasteiger charge is -2.23. The SMILES string of the molecule is CCN(CC)C(=O)C(C)Oc1ccc(CN)cc1. The highest BCUT2D eigenvalue weighted by atomic mass is 16.5. The fraction of sp³-hybridized carbons (Fsp3) is 0.500. The minimum absolute atomic E-state index is 0.0166. The van der Waals surface area contributed by atoms with Gasteiger partial charge >= 0.3 is 0 Å². The number of hydrogen-bond donors (Lipinski definition) is 1.